The Bertz CT molecular complexity index is 592. The number of nitrogens with zero attached hydrogens (tertiary/aromatic N) is 3. The summed E-state index contributed by atoms with van der Waals surface area (Å²) in [7, 11) is 0. The van der Waals surface area contributed by atoms with Gasteiger partial charge in [0.1, 0.15) is 11.6 Å². The molecule has 0 aliphatic rings. The van der Waals surface area contributed by atoms with E-state index in [2.05, 4.69) is 31.6 Å². The van der Waals surface area contributed by atoms with Crippen LogP contribution in [0.5, 0.6) is 0 Å². The van der Waals surface area contributed by atoms with Gasteiger partial charge < -0.3 is 5.32 Å². The van der Waals surface area contributed by atoms with Crippen LogP contribution < -0.4 is 5.32 Å². The number of aromatic nitrogens is 3. The monoisotopic (exact) mass is 358 g/mol. The Morgan fingerprint density at radius 2 is 1.95 bits per heavy atom. The first-order valence-electron chi connectivity index (χ1n) is 6.84. The van der Waals surface area contributed by atoms with E-state index < -0.39 is 17.7 Å². The number of halogens is 3. The van der Waals surface area contributed by atoms with Crippen molar-refractivity contribution in [2.45, 2.75) is 32.9 Å². The summed E-state index contributed by atoms with van der Waals surface area (Å²) in [6.07, 6.45) is 2.41. The van der Waals surface area contributed by atoms with Gasteiger partial charge in [0, 0.05) is 16.6 Å². The minimum atomic E-state index is -0.621. The van der Waals surface area contributed by atoms with E-state index in [-0.39, 0.29) is 5.56 Å². The molecule has 1 aromatic carbocycles. The van der Waals surface area contributed by atoms with E-state index in [1.807, 2.05) is 13.8 Å². The van der Waals surface area contributed by atoms with Gasteiger partial charge in [-0.1, -0.05) is 35.0 Å². The number of hydrogen-bond acceptors (Lipinski definition) is 3. The van der Waals surface area contributed by atoms with E-state index in [1.54, 1.807) is 10.9 Å². The van der Waals surface area contributed by atoms with E-state index in [0.29, 0.717) is 23.3 Å². The lowest BCUT2D eigenvalue weighted by Gasteiger charge is -2.20. The van der Waals surface area contributed by atoms with Gasteiger partial charge >= 0.3 is 0 Å². The molecule has 2 aromatic rings. The summed E-state index contributed by atoms with van der Waals surface area (Å²) in [5.74, 6) is -1.20. The van der Waals surface area contributed by atoms with Gasteiger partial charge in [0.25, 0.3) is 0 Å². The Hall–Kier alpha value is -1.34. The third-order valence-corrected chi connectivity index (χ3v) is 3.58. The average molecular weight is 359 g/mol. The first kappa shape index (κ1) is 16.0. The van der Waals surface area contributed by atoms with Crippen LogP contribution >= 0.6 is 15.9 Å². The highest BCUT2D eigenvalue weighted by molar-refractivity contribution is 9.10. The highest BCUT2D eigenvalue weighted by Gasteiger charge is 2.25. The van der Waals surface area contributed by atoms with Crippen molar-refractivity contribution in [1.29, 1.82) is 0 Å². The van der Waals surface area contributed by atoms with Gasteiger partial charge in [-0.2, -0.15) is 0 Å². The molecular formula is C14H17BrF2N4. The molecule has 1 aromatic heterocycles. The Morgan fingerprint density at radius 3 is 2.52 bits per heavy atom. The van der Waals surface area contributed by atoms with E-state index >= 15 is 0 Å². The van der Waals surface area contributed by atoms with Crippen molar-refractivity contribution in [2.75, 3.05) is 6.54 Å². The second-order valence-corrected chi connectivity index (χ2v) is 5.57. The number of aryl methyl sites for hydroxylation is 1. The van der Waals surface area contributed by atoms with Crippen LogP contribution in [0.25, 0.3) is 0 Å². The zero-order chi connectivity index (χ0) is 15.4. The topological polar surface area (TPSA) is 42.7 Å². The molecule has 0 spiro atoms. The number of rotatable bonds is 6. The highest BCUT2D eigenvalue weighted by atomic mass is 79.9. The fourth-order valence-corrected chi connectivity index (χ4v) is 2.66. The molecule has 1 atom stereocenters. The van der Waals surface area contributed by atoms with Crippen molar-refractivity contribution < 1.29 is 8.78 Å². The smallest absolute Gasteiger partial charge is 0.132 e. The van der Waals surface area contributed by atoms with E-state index in [0.717, 1.165) is 6.42 Å². The molecule has 21 heavy (non-hydrogen) atoms. The van der Waals surface area contributed by atoms with E-state index in [1.165, 1.54) is 12.1 Å². The lowest BCUT2D eigenvalue weighted by atomic mass is 10.0. The van der Waals surface area contributed by atoms with Crippen molar-refractivity contribution in [2.24, 2.45) is 0 Å². The van der Waals surface area contributed by atoms with Crippen LogP contribution in [-0.4, -0.2) is 21.5 Å². The van der Waals surface area contributed by atoms with E-state index in [4.69, 9.17) is 0 Å². The zero-order valence-electron chi connectivity index (χ0n) is 11.9. The summed E-state index contributed by atoms with van der Waals surface area (Å²) in [5.41, 5.74) is 0.638. The predicted octanol–water partition coefficient (Wildman–Crippen LogP) is 3.43. The maximum Gasteiger partial charge on any atom is 0.132 e. The molecule has 1 N–H and O–H groups in total. The summed E-state index contributed by atoms with van der Waals surface area (Å²) in [6.45, 7) is 5.11. The lowest BCUT2D eigenvalue weighted by molar-refractivity contribution is 0.473. The Balaban J connectivity index is 2.51. The summed E-state index contributed by atoms with van der Waals surface area (Å²) in [6, 6.07) is 1.90. The molecule has 1 heterocycles. The number of nitrogens with one attached hydrogen (secondary N) is 1. The van der Waals surface area contributed by atoms with Crippen LogP contribution in [0.3, 0.4) is 0 Å². The van der Waals surface area contributed by atoms with Crippen molar-refractivity contribution in [1.82, 2.24) is 20.3 Å². The van der Waals surface area contributed by atoms with Crippen molar-refractivity contribution in [3.63, 3.8) is 0 Å². The van der Waals surface area contributed by atoms with Crippen molar-refractivity contribution in [3.05, 3.63) is 45.7 Å². The first-order chi connectivity index (χ1) is 10.1. The molecule has 114 valence electrons. The fraction of sp³-hybridized carbons (Fsp3) is 0.429. The van der Waals surface area contributed by atoms with Gasteiger partial charge in [0.05, 0.1) is 17.9 Å². The standard InChI is InChI=1S/C14H17BrF2N4/c1-3-5-21-12(8-19-20-21)14(18-4-2)13-10(16)6-9(15)7-11(13)17/h6-8,14,18H,3-5H2,1-2H3. The SMILES string of the molecule is CCCn1nncc1C(NCC)c1c(F)cc(Br)cc1F. The van der Waals surface area contributed by atoms with Crippen molar-refractivity contribution in [3.8, 4) is 0 Å². The molecule has 4 nitrogen and oxygen atoms in total. The molecule has 0 saturated carbocycles. The van der Waals surface area contributed by atoms with Crippen LogP contribution in [-0.2, 0) is 6.54 Å². The molecule has 0 aliphatic carbocycles. The fourth-order valence-electron chi connectivity index (χ4n) is 2.26. The highest BCUT2D eigenvalue weighted by Crippen LogP contribution is 2.29. The third kappa shape index (κ3) is 3.47. The summed E-state index contributed by atoms with van der Waals surface area (Å²) >= 11 is 3.09. The van der Waals surface area contributed by atoms with Crippen LogP contribution in [0.2, 0.25) is 0 Å². The quantitative estimate of drug-likeness (QED) is 0.860. The first-order valence-corrected chi connectivity index (χ1v) is 7.64. The summed E-state index contributed by atoms with van der Waals surface area (Å²) in [5, 5.41) is 11.0. The predicted molar refractivity (Wildman–Crippen MR) is 79.9 cm³/mol. The zero-order valence-corrected chi connectivity index (χ0v) is 13.5. The van der Waals surface area contributed by atoms with Crippen LogP contribution in [0.1, 0.15) is 37.6 Å². The van der Waals surface area contributed by atoms with Gasteiger partial charge in [-0.05, 0) is 25.1 Å². The number of benzene rings is 1. The largest absolute Gasteiger partial charge is 0.305 e. The van der Waals surface area contributed by atoms with Crippen molar-refractivity contribution >= 4 is 15.9 Å². The second-order valence-electron chi connectivity index (χ2n) is 4.66. The maximum atomic E-state index is 14.2. The molecule has 0 amide bonds. The Kier molecular flexibility index (Phi) is 5.41. The summed E-state index contributed by atoms with van der Waals surface area (Å²) < 4.78 is 30.5. The Labute approximate surface area is 130 Å². The van der Waals surface area contributed by atoms with Gasteiger partial charge in [-0.15, -0.1) is 5.10 Å². The molecule has 0 bridgehead atoms. The van der Waals surface area contributed by atoms with Gasteiger partial charge in [-0.3, -0.25) is 0 Å². The van der Waals surface area contributed by atoms with E-state index in [9.17, 15) is 8.78 Å². The van der Waals surface area contributed by atoms with Gasteiger partial charge in [0.15, 0.2) is 0 Å². The molecule has 2 rings (SSSR count). The van der Waals surface area contributed by atoms with Crippen LogP contribution in [0.15, 0.2) is 22.8 Å². The second kappa shape index (κ2) is 7.09. The lowest BCUT2D eigenvalue weighted by Crippen LogP contribution is -2.27. The Morgan fingerprint density at radius 1 is 1.29 bits per heavy atom. The molecule has 0 fully saturated rings. The molecule has 0 aliphatic heterocycles. The van der Waals surface area contributed by atoms with Crippen LogP contribution in [0.4, 0.5) is 8.78 Å². The minimum absolute atomic E-state index is 0.0142. The van der Waals surface area contributed by atoms with Gasteiger partial charge in [0.2, 0.25) is 0 Å². The molecule has 0 radical (unpaired) electrons. The molecule has 1 unspecified atom stereocenters. The molecule has 0 saturated heterocycles. The normalized spacial score (nSPS) is 12.6. The summed E-state index contributed by atoms with van der Waals surface area (Å²) in [4.78, 5) is 0. The molecular weight excluding hydrogens is 342 g/mol. The van der Waals surface area contributed by atoms with Crippen LogP contribution in [0, 0.1) is 11.6 Å². The third-order valence-electron chi connectivity index (χ3n) is 3.12. The molecule has 7 heteroatoms. The minimum Gasteiger partial charge on any atom is -0.305 e. The number of hydrogen-bond donors (Lipinski definition) is 1. The van der Waals surface area contributed by atoms with Gasteiger partial charge in [-0.25, -0.2) is 13.5 Å². The maximum absolute atomic E-state index is 14.2. The average Bonchev–Trinajstić information content (AvgIpc) is 2.85.